The first kappa shape index (κ1) is 20.0. The molecule has 1 saturated heterocycles. The van der Waals surface area contributed by atoms with E-state index in [1.807, 2.05) is 0 Å². The van der Waals surface area contributed by atoms with Crippen LogP contribution in [0.15, 0.2) is 33.7 Å². The predicted octanol–water partition coefficient (Wildman–Crippen LogP) is 3.52. The third kappa shape index (κ3) is 4.43. The van der Waals surface area contributed by atoms with Crippen molar-refractivity contribution in [1.29, 1.82) is 0 Å². The molecule has 2 N–H and O–H groups in total. The first-order chi connectivity index (χ1) is 11.1. The fourth-order valence-electron chi connectivity index (χ4n) is 3.53. The van der Waals surface area contributed by atoms with Gasteiger partial charge in [0.1, 0.15) is 0 Å². The molecule has 6 heteroatoms. The van der Waals surface area contributed by atoms with E-state index in [-0.39, 0.29) is 35.5 Å². The third-order valence-electron chi connectivity index (χ3n) is 5.10. The van der Waals surface area contributed by atoms with E-state index < -0.39 is 0 Å². The lowest BCUT2D eigenvalue weighted by molar-refractivity contribution is 0.187. The van der Waals surface area contributed by atoms with E-state index in [9.17, 15) is 5.11 Å². The molecule has 2 aliphatic rings. The SMILES string of the molecule is CCNC(=NCC1(c2ccc(Br)cc2)CCC1)N1CC[C@@H](O)C1.I. The summed E-state index contributed by atoms with van der Waals surface area (Å²) < 4.78 is 1.12. The zero-order valence-electron chi connectivity index (χ0n) is 14.2. The fraction of sp³-hybridized carbons (Fsp3) is 0.611. The first-order valence-corrected chi connectivity index (χ1v) is 9.40. The van der Waals surface area contributed by atoms with Crippen molar-refractivity contribution in [1.82, 2.24) is 10.2 Å². The first-order valence-electron chi connectivity index (χ1n) is 8.60. The number of guanidine groups is 1. The number of nitrogens with zero attached hydrogens (tertiary/aromatic N) is 2. The smallest absolute Gasteiger partial charge is 0.194 e. The minimum atomic E-state index is -0.219. The number of nitrogens with one attached hydrogen (secondary N) is 1. The van der Waals surface area contributed by atoms with E-state index in [1.165, 1.54) is 24.8 Å². The summed E-state index contributed by atoms with van der Waals surface area (Å²) in [6, 6.07) is 8.71. The van der Waals surface area contributed by atoms with Crippen LogP contribution in [0.2, 0.25) is 0 Å². The average molecular weight is 508 g/mol. The molecule has 0 amide bonds. The van der Waals surface area contributed by atoms with E-state index in [1.54, 1.807) is 0 Å². The molecule has 0 aromatic heterocycles. The van der Waals surface area contributed by atoms with Crippen LogP contribution in [0.5, 0.6) is 0 Å². The van der Waals surface area contributed by atoms with Crippen molar-refractivity contribution in [3.05, 3.63) is 34.3 Å². The summed E-state index contributed by atoms with van der Waals surface area (Å²) in [4.78, 5) is 7.11. The van der Waals surface area contributed by atoms with Crippen LogP contribution >= 0.6 is 39.9 Å². The van der Waals surface area contributed by atoms with Gasteiger partial charge in [-0.2, -0.15) is 0 Å². The second-order valence-corrected chi connectivity index (χ2v) is 7.62. The number of aliphatic hydroxyl groups is 1. The average Bonchev–Trinajstić information content (AvgIpc) is 2.93. The summed E-state index contributed by atoms with van der Waals surface area (Å²) in [5, 5.41) is 13.2. The van der Waals surface area contributed by atoms with Crippen molar-refractivity contribution < 1.29 is 5.11 Å². The molecule has 0 bridgehead atoms. The zero-order chi connectivity index (χ0) is 16.3. The monoisotopic (exact) mass is 507 g/mol. The van der Waals surface area contributed by atoms with E-state index in [4.69, 9.17) is 4.99 Å². The number of rotatable bonds is 4. The highest BCUT2D eigenvalue weighted by molar-refractivity contribution is 14.0. The Hall–Kier alpha value is -0.340. The Bertz CT molecular complexity index is 560. The lowest BCUT2D eigenvalue weighted by Crippen LogP contribution is -2.43. The van der Waals surface area contributed by atoms with E-state index in [2.05, 4.69) is 57.3 Å². The van der Waals surface area contributed by atoms with Crippen molar-refractivity contribution in [3.63, 3.8) is 0 Å². The van der Waals surface area contributed by atoms with Crippen LogP contribution in [0.25, 0.3) is 0 Å². The molecule has 1 aromatic rings. The number of aliphatic imine (C=N–C) groups is 1. The van der Waals surface area contributed by atoms with Gasteiger partial charge >= 0.3 is 0 Å². The lowest BCUT2D eigenvalue weighted by Gasteiger charge is -2.41. The van der Waals surface area contributed by atoms with Crippen molar-refractivity contribution in [3.8, 4) is 0 Å². The Balaban J connectivity index is 0.00000208. The number of hydrogen-bond acceptors (Lipinski definition) is 2. The quantitative estimate of drug-likeness (QED) is 0.372. The Labute approximate surface area is 170 Å². The van der Waals surface area contributed by atoms with Crippen LogP contribution in [0.1, 0.15) is 38.2 Å². The summed E-state index contributed by atoms with van der Waals surface area (Å²) in [7, 11) is 0. The van der Waals surface area contributed by atoms with Crippen LogP contribution in [-0.4, -0.2) is 48.2 Å². The van der Waals surface area contributed by atoms with Gasteiger partial charge in [-0.1, -0.05) is 34.5 Å². The van der Waals surface area contributed by atoms with Gasteiger partial charge < -0.3 is 15.3 Å². The van der Waals surface area contributed by atoms with Gasteiger partial charge in [0, 0.05) is 29.5 Å². The van der Waals surface area contributed by atoms with Gasteiger partial charge in [-0.3, -0.25) is 4.99 Å². The number of benzene rings is 1. The van der Waals surface area contributed by atoms with Crippen molar-refractivity contribution >= 4 is 45.9 Å². The zero-order valence-corrected chi connectivity index (χ0v) is 18.1. The molecule has 0 radical (unpaired) electrons. The van der Waals surface area contributed by atoms with Gasteiger partial charge in [0.15, 0.2) is 5.96 Å². The Morgan fingerprint density at radius 3 is 2.58 bits per heavy atom. The topological polar surface area (TPSA) is 47.9 Å². The lowest BCUT2D eigenvalue weighted by atomic mass is 9.64. The highest BCUT2D eigenvalue weighted by Crippen LogP contribution is 2.44. The van der Waals surface area contributed by atoms with Crippen molar-refractivity contribution in [2.45, 2.75) is 44.1 Å². The summed E-state index contributed by atoms with van der Waals surface area (Å²) in [5.74, 6) is 0.951. The second kappa shape index (κ2) is 8.85. The molecule has 1 saturated carbocycles. The number of likely N-dealkylation sites (tertiary alicyclic amines) is 1. The van der Waals surface area contributed by atoms with Crippen LogP contribution in [0, 0.1) is 0 Å². The van der Waals surface area contributed by atoms with Gasteiger partial charge in [0.05, 0.1) is 12.6 Å². The maximum Gasteiger partial charge on any atom is 0.194 e. The summed E-state index contributed by atoms with van der Waals surface area (Å²) in [5.41, 5.74) is 1.59. The second-order valence-electron chi connectivity index (χ2n) is 6.70. The molecule has 1 aliphatic carbocycles. The Morgan fingerprint density at radius 2 is 2.08 bits per heavy atom. The molecular weight excluding hydrogens is 481 g/mol. The molecule has 2 fully saturated rings. The maximum atomic E-state index is 9.78. The molecule has 1 heterocycles. The minimum Gasteiger partial charge on any atom is -0.391 e. The molecule has 134 valence electrons. The standard InChI is InChI=1S/C18H26BrN3O.HI/c1-2-20-17(22-11-8-16(23)12-22)21-13-18(9-3-10-18)14-4-6-15(19)7-5-14;/h4-7,16,23H,2-3,8-13H2,1H3,(H,20,21);1H/t16-;/m1./s1. The number of hydrogen-bond donors (Lipinski definition) is 2. The Kier molecular flexibility index (Phi) is 7.37. The number of aliphatic hydroxyl groups excluding tert-OH is 1. The molecule has 1 aliphatic heterocycles. The van der Waals surface area contributed by atoms with Crippen molar-refractivity contribution in [2.75, 3.05) is 26.2 Å². The molecule has 24 heavy (non-hydrogen) atoms. The van der Waals surface area contributed by atoms with E-state index in [0.29, 0.717) is 6.54 Å². The molecule has 0 unspecified atom stereocenters. The van der Waals surface area contributed by atoms with Crippen molar-refractivity contribution in [2.24, 2.45) is 4.99 Å². The highest BCUT2D eigenvalue weighted by atomic mass is 127. The molecule has 1 aromatic carbocycles. The highest BCUT2D eigenvalue weighted by Gasteiger charge is 2.38. The van der Waals surface area contributed by atoms with Crippen LogP contribution in [-0.2, 0) is 5.41 Å². The van der Waals surface area contributed by atoms with Gasteiger partial charge in [-0.15, -0.1) is 24.0 Å². The van der Waals surface area contributed by atoms with Crippen LogP contribution < -0.4 is 5.32 Å². The maximum absolute atomic E-state index is 9.78. The van der Waals surface area contributed by atoms with Crippen LogP contribution in [0.4, 0.5) is 0 Å². The molecule has 0 spiro atoms. The summed E-state index contributed by atoms with van der Waals surface area (Å²) in [6.07, 6.45) is 4.32. The fourth-order valence-corrected chi connectivity index (χ4v) is 3.80. The van der Waals surface area contributed by atoms with E-state index in [0.717, 1.165) is 36.5 Å². The summed E-state index contributed by atoms with van der Waals surface area (Å²) in [6.45, 7) is 5.35. The van der Waals surface area contributed by atoms with Gasteiger partial charge in [0.25, 0.3) is 0 Å². The third-order valence-corrected chi connectivity index (χ3v) is 5.63. The van der Waals surface area contributed by atoms with Crippen LogP contribution in [0.3, 0.4) is 0 Å². The van der Waals surface area contributed by atoms with E-state index >= 15 is 0 Å². The largest absolute Gasteiger partial charge is 0.391 e. The van der Waals surface area contributed by atoms with Gasteiger partial charge in [-0.05, 0) is 43.9 Å². The van der Waals surface area contributed by atoms with Gasteiger partial charge in [0.2, 0.25) is 0 Å². The summed E-state index contributed by atoms with van der Waals surface area (Å²) >= 11 is 3.52. The number of halogens is 2. The molecule has 3 rings (SSSR count). The number of β-amino-alcohol motifs (C(OH)–C–C–N with tert-alkyl or cyclic N) is 1. The minimum absolute atomic E-state index is 0. The molecule has 1 atom stereocenters. The predicted molar refractivity (Wildman–Crippen MR) is 113 cm³/mol. The molecule has 4 nitrogen and oxygen atoms in total. The normalized spacial score (nSPS) is 22.7. The Morgan fingerprint density at radius 1 is 1.38 bits per heavy atom. The van der Waals surface area contributed by atoms with Gasteiger partial charge in [-0.25, -0.2) is 0 Å². The molecular formula is C18H27BrIN3O.